The topological polar surface area (TPSA) is 3.24 Å². The summed E-state index contributed by atoms with van der Waals surface area (Å²) in [7, 11) is 0. The molecule has 73 heavy (non-hydrogen) atoms. The van der Waals surface area contributed by atoms with Crippen LogP contribution in [-0.2, 0) is 0 Å². The fraction of sp³-hybridized carbons (Fsp3) is 0.0278. The fourth-order valence-electron chi connectivity index (χ4n) is 9.78. The maximum Gasteiger partial charge on any atom is 0.0462 e. The first-order valence-corrected chi connectivity index (χ1v) is 25.1. The monoisotopic (exact) mass is 935 g/mol. The highest BCUT2D eigenvalue weighted by atomic mass is 15.1. The third-order valence-electron chi connectivity index (χ3n) is 13.3. The zero-order valence-corrected chi connectivity index (χ0v) is 41.4. The Balaban J connectivity index is 0.970. The molecule has 10 aromatic carbocycles. The first-order valence-electron chi connectivity index (χ1n) is 25.1. The van der Waals surface area contributed by atoms with Crippen LogP contribution in [0.1, 0.15) is 51.4 Å². The van der Waals surface area contributed by atoms with E-state index in [9.17, 15) is 0 Å². The Hall–Kier alpha value is -9.30. The Bertz CT molecular complexity index is 3490. The quantitative estimate of drug-likeness (QED) is 0.0731. The van der Waals surface area contributed by atoms with Gasteiger partial charge in [-0.25, -0.2) is 0 Å². The predicted octanol–water partition coefficient (Wildman–Crippen LogP) is 19.5. The molecule has 0 aromatic heterocycles. The average Bonchev–Trinajstić information content (AvgIpc) is 3.46. The maximum absolute atomic E-state index is 4.07. The second-order valence-electron chi connectivity index (χ2n) is 18.1. The van der Waals surface area contributed by atoms with E-state index in [1.165, 1.54) is 44.5 Å². The lowest BCUT2D eigenvalue weighted by atomic mass is 9.85. The Morgan fingerprint density at radius 3 is 0.959 bits per heavy atom. The van der Waals surface area contributed by atoms with Crippen LogP contribution in [0.15, 0.2) is 309 Å². The molecule has 10 rings (SSSR count). The van der Waals surface area contributed by atoms with Crippen LogP contribution in [0.25, 0.3) is 44.5 Å². The van der Waals surface area contributed by atoms with Crippen molar-refractivity contribution in [2.75, 3.05) is 4.90 Å². The number of rotatable bonds is 15. The predicted molar refractivity (Wildman–Crippen MR) is 313 cm³/mol. The summed E-state index contributed by atoms with van der Waals surface area (Å²) in [5, 5.41) is 0. The smallest absolute Gasteiger partial charge is 0.0462 e. The SMILES string of the molecule is C=C/C=C(\C=C/C)C(=C(\c1ccccc1)c1ccc(-c2ccc(N(c3ccc(C)cc3)c3ccc(-c4ccc(C(=C(c5ccccc5)c5ccccc5)c5ccccc5)cc4)cc3)cc2)cc1)/c1ccccc1. The van der Waals surface area contributed by atoms with Crippen molar-refractivity contribution in [3.8, 4) is 22.3 Å². The van der Waals surface area contributed by atoms with E-state index in [1.807, 2.05) is 6.08 Å². The van der Waals surface area contributed by atoms with Gasteiger partial charge in [0.15, 0.2) is 0 Å². The Labute approximate surface area is 432 Å². The van der Waals surface area contributed by atoms with Gasteiger partial charge in [0.05, 0.1) is 0 Å². The minimum Gasteiger partial charge on any atom is -0.311 e. The van der Waals surface area contributed by atoms with Gasteiger partial charge in [0.1, 0.15) is 0 Å². The van der Waals surface area contributed by atoms with E-state index in [4.69, 9.17) is 0 Å². The molecular weight excluding hydrogens is 879 g/mol. The van der Waals surface area contributed by atoms with E-state index in [0.29, 0.717) is 0 Å². The van der Waals surface area contributed by atoms with E-state index in [1.54, 1.807) is 0 Å². The minimum absolute atomic E-state index is 1.08. The maximum atomic E-state index is 4.07. The lowest BCUT2D eigenvalue weighted by Gasteiger charge is -2.26. The van der Waals surface area contributed by atoms with Crippen LogP contribution in [0.3, 0.4) is 0 Å². The number of hydrogen-bond donors (Lipinski definition) is 0. The molecule has 10 aromatic rings. The Kier molecular flexibility index (Phi) is 14.7. The van der Waals surface area contributed by atoms with Gasteiger partial charge in [0.2, 0.25) is 0 Å². The van der Waals surface area contributed by atoms with Gasteiger partial charge in [-0.1, -0.05) is 273 Å². The van der Waals surface area contributed by atoms with E-state index in [0.717, 1.165) is 67.2 Å². The number of allylic oxidation sites excluding steroid dienone is 6. The third-order valence-corrected chi connectivity index (χ3v) is 13.3. The van der Waals surface area contributed by atoms with Crippen molar-refractivity contribution in [1.29, 1.82) is 0 Å². The number of aryl methyl sites for hydroxylation is 1. The number of anilines is 3. The first kappa shape index (κ1) is 47.4. The molecule has 0 aliphatic rings. The molecule has 0 fully saturated rings. The van der Waals surface area contributed by atoms with Crippen LogP contribution in [0.2, 0.25) is 0 Å². The normalized spacial score (nSPS) is 11.7. The summed E-state index contributed by atoms with van der Waals surface area (Å²) in [6.07, 6.45) is 8.24. The van der Waals surface area contributed by atoms with Crippen molar-refractivity contribution < 1.29 is 0 Å². The second kappa shape index (κ2) is 22.6. The molecule has 0 N–H and O–H groups in total. The largest absolute Gasteiger partial charge is 0.311 e. The van der Waals surface area contributed by atoms with Crippen LogP contribution in [-0.4, -0.2) is 0 Å². The van der Waals surface area contributed by atoms with Gasteiger partial charge < -0.3 is 4.90 Å². The van der Waals surface area contributed by atoms with Crippen molar-refractivity contribution in [1.82, 2.24) is 0 Å². The van der Waals surface area contributed by atoms with E-state index in [-0.39, 0.29) is 0 Å². The molecule has 1 nitrogen and oxygen atoms in total. The molecule has 350 valence electrons. The number of nitrogens with zero attached hydrogens (tertiary/aromatic N) is 1. The van der Waals surface area contributed by atoms with Crippen molar-refractivity contribution in [2.45, 2.75) is 13.8 Å². The molecule has 0 saturated carbocycles. The molecular formula is C72H57N. The highest BCUT2D eigenvalue weighted by Gasteiger charge is 2.19. The zero-order chi connectivity index (χ0) is 49.8. The molecule has 0 atom stereocenters. The lowest BCUT2D eigenvalue weighted by Crippen LogP contribution is -2.09. The van der Waals surface area contributed by atoms with Crippen molar-refractivity contribution in [2.24, 2.45) is 0 Å². The highest BCUT2D eigenvalue weighted by molar-refractivity contribution is 6.06. The van der Waals surface area contributed by atoms with Crippen LogP contribution < -0.4 is 4.90 Å². The second-order valence-corrected chi connectivity index (χ2v) is 18.1. The molecule has 0 amide bonds. The molecule has 0 aliphatic heterocycles. The Morgan fingerprint density at radius 1 is 0.329 bits per heavy atom. The summed E-state index contributed by atoms with van der Waals surface area (Å²) in [6.45, 7) is 8.27. The van der Waals surface area contributed by atoms with Crippen molar-refractivity contribution >= 4 is 39.4 Å². The van der Waals surface area contributed by atoms with Gasteiger partial charge in [0, 0.05) is 17.1 Å². The number of benzene rings is 10. The third kappa shape index (κ3) is 10.7. The summed E-state index contributed by atoms with van der Waals surface area (Å²) in [5.41, 5.74) is 23.1. The summed E-state index contributed by atoms with van der Waals surface area (Å²) < 4.78 is 0. The van der Waals surface area contributed by atoms with Crippen molar-refractivity contribution in [3.05, 3.63) is 354 Å². The first-order chi connectivity index (χ1) is 36.1. The van der Waals surface area contributed by atoms with E-state index >= 15 is 0 Å². The van der Waals surface area contributed by atoms with Gasteiger partial charge in [-0.15, -0.1) is 0 Å². The molecule has 0 unspecified atom stereocenters. The summed E-state index contributed by atoms with van der Waals surface area (Å²) >= 11 is 0. The molecule has 0 bridgehead atoms. The zero-order valence-electron chi connectivity index (χ0n) is 41.4. The van der Waals surface area contributed by atoms with Gasteiger partial charge in [-0.3, -0.25) is 0 Å². The summed E-state index contributed by atoms with van der Waals surface area (Å²) in [5.74, 6) is 0. The van der Waals surface area contributed by atoms with Gasteiger partial charge in [-0.05, 0) is 139 Å². The fourth-order valence-corrected chi connectivity index (χ4v) is 9.78. The highest BCUT2D eigenvalue weighted by Crippen LogP contribution is 2.41. The van der Waals surface area contributed by atoms with E-state index in [2.05, 4.69) is 317 Å². The lowest BCUT2D eigenvalue weighted by molar-refractivity contribution is 1.27. The van der Waals surface area contributed by atoms with Gasteiger partial charge in [0.25, 0.3) is 0 Å². The minimum atomic E-state index is 1.08. The average molecular weight is 936 g/mol. The molecule has 0 spiro atoms. The molecule has 1 heteroatoms. The van der Waals surface area contributed by atoms with Crippen LogP contribution in [0, 0.1) is 6.92 Å². The van der Waals surface area contributed by atoms with Gasteiger partial charge >= 0.3 is 0 Å². The standard InChI is InChI=1S/C72H57N/c1-4-21-58(22-5-2)69(59-23-11-6-12-24-59)71(62-29-17-9-18-30-62)64-39-35-54(36-40-64)56-43-49-67(50-44-56)73(66-47-33-53(3)34-48-66)68-51-45-57(46-52-68)55-37-41-65(42-38-55)72(63-31-19-10-20-32-63)70(60-25-13-7-14-26-60)61-27-15-8-16-28-61/h4-52H,1H2,2-3H3/b22-5-,58-21+,71-69-. The van der Waals surface area contributed by atoms with E-state index < -0.39 is 0 Å². The van der Waals surface area contributed by atoms with Gasteiger partial charge in [-0.2, -0.15) is 0 Å². The summed E-state index contributed by atoms with van der Waals surface area (Å²) in [6, 6.07) is 98.4. The van der Waals surface area contributed by atoms with Crippen LogP contribution in [0.5, 0.6) is 0 Å². The molecule has 0 aliphatic carbocycles. The molecule has 0 saturated heterocycles. The number of hydrogen-bond acceptors (Lipinski definition) is 1. The molecule has 0 radical (unpaired) electrons. The Morgan fingerprint density at radius 2 is 0.616 bits per heavy atom. The molecule has 0 heterocycles. The summed E-state index contributed by atoms with van der Waals surface area (Å²) in [4.78, 5) is 2.34. The van der Waals surface area contributed by atoms with Crippen LogP contribution >= 0.6 is 0 Å². The van der Waals surface area contributed by atoms with Crippen molar-refractivity contribution in [3.63, 3.8) is 0 Å². The van der Waals surface area contributed by atoms with Crippen LogP contribution in [0.4, 0.5) is 17.1 Å².